The minimum Gasteiger partial charge on any atom is -0.313 e. The quantitative estimate of drug-likeness (QED) is 0.0670. The Morgan fingerprint density at radius 1 is 0.400 bits per heavy atom. The predicted octanol–water partition coefficient (Wildman–Crippen LogP) is 13.4. The first-order chi connectivity index (χ1) is 26.3. The van der Waals surface area contributed by atoms with Crippen LogP contribution in [0.3, 0.4) is 0 Å². The number of anilines is 1. The van der Waals surface area contributed by atoms with E-state index in [-0.39, 0.29) is 0 Å². The highest BCUT2D eigenvalue weighted by molar-refractivity contribution is 7.90. The standard InChI is InChI=1S/C51H69NP2Si/c1-13-16-21-55(22-17-14-2,23-18-15-3)51-20-19-46(36-45(51)12)52(53(47-28-37(4)24-38(5)29-47)48-30-39(6)25-40(7)31-48)54(49-32-41(8)26-42(9)33-49)50-34-43(10)27-44(11)35-50/h19-20,24-36H,13-18,21-23H2,1-12H3. The fourth-order valence-corrected chi connectivity index (χ4v) is 21.8. The van der Waals surface area contributed by atoms with E-state index in [1.807, 2.05) is 0 Å². The average molecular weight is 786 g/mol. The van der Waals surface area contributed by atoms with Crippen molar-refractivity contribution in [2.24, 2.45) is 0 Å². The molecule has 0 amide bonds. The van der Waals surface area contributed by atoms with Crippen molar-refractivity contribution in [2.75, 3.05) is 4.44 Å². The summed E-state index contributed by atoms with van der Waals surface area (Å²) in [6.45, 7) is 27.8. The number of hydrogen-bond donors (Lipinski definition) is 0. The van der Waals surface area contributed by atoms with E-state index >= 15 is 0 Å². The summed E-state index contributed by atoms with van der Waals surface area (Å²) < 4.78 is 2.94. The highest BCUT2D eigenvalue weighted by atomic mass is 31.2. The maximum absolute atomic E-state index is 2.94. The Hall–Kier alpha value is -3.02. The van der Waals surface area contributed by atoms with Gasteiger partial charge in [-0.25, -0.2) is 0 Å². The summed E-state index contributed by atoms with van der Waals surface area (Å²) >= 11 is 0. The van der Waals surface area contributed by atoms with Gasteiger partial charge in [-0.15, -0.1) is 0 Å². The van der Waals surface area contributed by atoms with Gasteiger partial charge in [0.15, 0.2) is 0 Å². The summed E-state index contributed by atoms with van der Waals surface area (Å²) in [5.41, 5.74) is 13.5. The first-order valence-electron chi connectivity index (χ1n) is 21.1. The maximum atomic E-state index is 2.94. The van der Waals surface area contributed by atoms with Crippen LogP contribution in [0.2, 0.25) is 18.1 Å². The summed E-state index contributed by atoms with van der Waals surface area (Å²) in [4.78, 5) is 0. The third kappa shape index (κ3) is 10.7. The van der Waals surface area contributed by atoms with Gasteiger partial charge in [-0.2, -0.15) is 0 Å². The van der Waals surface area contributed by atoms with Crippen LogP contribution in [0.4, 0.5) is 5.69 Å². The molecule has 0 bridgehead atoms. The number of rotatable bonds is 17. The molecular formula is C51H69NP2Si. The number of benzene rings is 5. The monoisotopic (exact) mass is 785 g/mol. The van der Waals surface area contributed by atoms with E-state index in [0.717, 1.165) is 0 Å². The van der Waals surface area contributed by atoms with Gasteiger partial charge in [0.2, 0.25) is 0 Å². The lowest BCUT2D eigenvalue weighted by atomic mass is 10.2. The van der Waals surface area contributed by atoms with Crippen LogP contribution >= 0.6 is 16.1 Å². The first-order valence-corrected chi connectivity index (χ1v) is 26.3. The first kappa shape index (κ1) is 43.1. The van der Waals surface area contributed by atoms with Gasteiger partial charge in [-0.3, -0.25) is 0 Å². The maximum Gasteiger partial charge on any atom is 0.0870 e. The molecule has 292 valence electrons. The van der Waals surface area contributed by atoms with Crippen molar-refractivity contribution in [1.29, 1.82) is 0 Å². The molecule has 4 heteroatoms. The van der Waals surface area contributed by atoms with Crippen LogP contribution in [-0.2, 0) is 0 Å². The molecule has 5 aromatic carbocycles. The number of nitrogens with zero attached hydrogens (tertiary/aromatic N) is 1. The van der Waals surface area contributed by atoms with Gasteiger partial charge in [-0.1, -0.05) is 157 Å². The largest absolute Gasteiger partial charge is 0.313 e. The number of aryl methyl sites for hydroxylation is 9. The molecule has 0 atom stereocenters. The summed E-state index contributed by atoms with van der Waals surface area (Å²) in [7, 11) is -3.69. The third-order valence-electron chi connectivity index (χ3n) is 11.2. The molecule has 0 N–H and O–H groups in total. The molecular weight excluding hydrogens is 717 g/mol. The van der Waals surface area contributed by atoms with E-state index in [1.54, 1.807) is 5.19 Å². The van der Waals surface area contributed by atoms with E-state index in [2.05, 4.69) is 179 Å². The van der Waals surface area contributed by atoms with Crippen LogP contribution in [0.5, 0.6) is 0 Å². The molecule has 0 radical (unpaired) electrons. The minimum absolute atomic E-state index is 0.985. The highest BCUT2D eigenvalue weighted by Gasteiger charge is 2.37. The number of hydrogen-bond acceptors (Lipinski definition) is 1. The van der Waals surface area contributed by atoms with Crippen LogP contribution in [-0.4, -0.2) is 8.07 Å². The van der Waals surface area contributed by atoms with E-state index < -0.39 is 24.2 Å². The van der Waals surface area contributed by atoms with Crippen molar-refractivity contribution in [3.05, 3.63) is 141 Å². The molecule has 55 heavy (non-hydrogen) atoms. The van der Waals surface area contributed by atoms with Crippen molar-refractivity contribution in [3.63, 3.8) is 0 Å². The Morgan fingerprint density at radius 2 is 0.691 bits per heavy atom. The van der Waals surface area contributed by atoms with Crippen LogP contribution < -0.4 is 30.8 Å². The smallest absolute Gasteiger partial charge is 0.0870 e. The highest BCUT2D eigenvalue weighted by Crippen LogP contribution is 2.57. The molecule has 0 fully saturated rings. The molecule has 0 unspecified atom stereocenters. The Bertz CT molecular complexity index is 1750. The Morgan fingerprint density at radius 3 is 0.945 bits per heavy atom. The molecule has 0 aliphatic heterocycles. The molecule has 0 saturated carbocycles. The van der Waals surface area contributed by atoms with Crippen LogP contribution in [0.1, 0.15) is 109 Å². The summed E-state index contributed by atoms with van der Waals surface area (Å²) in [5.74, 6) is 0. The second-order valence-electron chi connectivity index (χ2n) is 16.9. The van der Waals surface area contributed by atoms with Crippen molar-refractivity contribution < 1.29 is 0 Å². The lowest BCUT2D eigenvalue weighted by Crippen LogP contribution is -2.49. The molecule has 0 aliphatic rings. The molecule has 0 heterocycles. The van der Waals surface area contributed by atoms with Crippen molar-refractivity contribution in [3.8, 4) is 0 Å². The summed E-state index contributed by atoms with van der Waals surface area (Å²) in [6.07, 6.45) is 7.89. The van der Waals surface area contributed by atoms with Crippen LogP contribution in [0.15, 0.2) is 91.0 Å². The molecule has 5 rings (SSSR count). The van der Waals surface area contributed by atoms with E-state index in [4.69, 9.17) is 0 Å². The second-order valence-corrected chi connectivity index (χ2v) is 25.9. The Kier molecular flexibility index (Phi) is 15.2. The van der Waals surface area contributed by atoms with Gasteiger partial charge >= 0.3 is 0 Å². The summed E-state index contributed by atoms with van der Waals surface area (Å²) in [5, 5.41) is 7.45. The van der Waals surface area contributed by atoms with Gasteiger partial charge in [0.05, 0.1) is 24.2 Å². The molecule has 0 aliphatic carbocycles. The predicted molar refractivity (Wildman–Crippen MR) is 254 cm³/mol. The van der Waals surface area contributed by atoms with Crippen LogP contribution in [0.25, 0.3) is 0 Å². The third-order valence-corrected chi connectivity index (χ3v) is 22.1. The lowest BCUT2D eigenvalue weighted by molar-refractivity contribution is 0.800. The molecule has 0 saturated heterocycles. The molecule has 5 aromatic rings. The minimum atomic E-state index is -1.71. The van der Waals surface area contributed by atoms with Gasteiger partial charge in [0.25, 0.3) is 0 Å². The van der Waals surface area contributed by atoms with Crippen molar-refractivity contribution in [2.45, 2.75) is 140 Å². The second kappa shape index (κ2) is 19.4. The zero-order chi connectivity index (χ0) is 39.9. The van der Waals surface area contributed by atoms with Crippen molar-refractivity contribution >= 4 is 56.3 Å². The molecule has 0 spiro atoms. The lowest BCUT2D eigenvalue weighted by Gasteiger charge is -2.42. The van der Waals surface area contributed by atoms with E-state index in [1.165, 1.54) is 134 Å². The topological polar surface area (TPSA) is 3.24 Å². The van der Waals surface area contributed by atoms with Crippen molar-refractivity contribution in [1.82, 2.24) is 0 Å². The van der Waals surface area contributed by atoms with Gasteiger partial charge in [-0.05, 0) is 129 Å². The van der Waals surface area contributed by atoms with Crippen LogP contribution in [0, 0.1) is 62.3 Å². The fourth-order valence-electron chi connectivity index (χ4n) is 9.04. The SMILES string of the molecule is CCCC[Si](CCCC)(CCCC)c1ccc(N(P(c2cc(C)cc(C)c2)c2cc(C)cc(C)c2)P(c2cc(C)cc(C)c2)c2cc(C)cc(C)c2)cc1C. The zero-order valence-corrected chi connectivity index (χ0v) is 39.2. The Balaban J connectivity index is 1.91. The van der Waals surface area contributed by atoms with E-state index in [9.17, 15) is 0 Å². The average Bonchev–Trinajstić information content (AvgIpc) is 3.10. The molecule has 0 aromatic heterocycles. The normalized spacial score (nSPS) is 11.9. The van der Waals surface area contributed by atoms with E-state index in [0.29, 0.717) is 0 Å². The summed E-state index contributed by atoms with van der Waals surface area (Å²) in [6, 6.07) is 41.4. The molecule has 1 nitrogen and oxygen atoms in total. The zero-order valence-electron chi connectivity index (χ0n) is 36.4. The van der Waals surface area contributed by atoms with Gasteiger partial charge in [0.1, 0.15) is 0 Å². The fraction of sp³-hybridized carbons (Fsp3) is 0.412. The van der Waals surface area contributed by atoms with Gasteiger partial charge in [0, 0.05) is 26.9 Å². The van der Waals surface area contributed by atoms with Gasteiger partial charge < -0.3 is 4.44 Å². The Labute approximate surface area is 340 Å². The number of unbranched alkanes of at least 4 members (excludes halogenated alkanes) is 3.